The van der Waals surface area contributed by atoms with Crippen molar-refractivity contribution < 1.29 is 9.53 Å². The van der Waals surface area contributed by atoms with Gasteiger partial charge >= 0.3 is 6.09 Å². The molecule has 1 saturated carbocycles. The number of nitrogens with zero attached hydrogens (tertiary/aromatic N) is 2. The highest BCUT2D eigenvalue weighted by atomic mass is 35.5. The number of nitrogens with one attached hydrogen (secondary N) is 2. The molecule has 126 valence electrons. The Morgan fingerprint density at radius 2 is 2.22 bits per heavy atom. The molecule has 0 radical (unpaired) electrons. The smallest absolute Gasteiger partial charge is 0.407 e. The Kier molecular flexibility index (Phi) is 5.05. The van der Waals surface area contributed by atoms with Gasteiger partial charge in [-0.25, -0.2) is 9.89 Å². The molecule has 0 aromatic carbocycles. The molecule has 0 bridgehead atoms. The topological polar surface area (TPSA) is 87.3 Å². The first-order valence-electron chi connectivity index (χ1n) is 8.06. The van der Waals surface area contributed by atoms with Gasteiger partial charge in [0.15, 0.2) is 0 Å². The summed E-state index contributed by atoms with van der Waals surface area (Å²) < 4.78 is 5.45. The van der Waals surface area contributed by atoms with Crippen LogP contribution in [0.15, 0.2) is 11.0 Å². The third-order valence-corrected chi connectivity index (χ3v) is 4.91. The summed E-state index contributed by atoms with van der Waals surface area (Å²) in [7, 11) is 0. The summed E-state index contributed by atoms with van der Waals surface area (Å²) in [5.74, 6) is 0.587. The summed E-state index contributed by atoms with van der Waals surface area (Å²) in [4.78, 5) is 25.3. The number of amides is 1. The van der Waals surface area contributed by atoms with Gasteiger partial charge in [-0.3, -0.25) is 4.79 Å². The van der Waals surface area contributed by atoms with Gasteiger partial charge in [0.25, 0.3) is 5.56 Å². The van der Waals surface area contributed by atoms with Gasteiger partial charge in [0.1, 0.15) is 11.1 Å². The lowest BCUT2D eigenvalue weighted by molar-refractivity contribution is 0.107. The van der Waals surface area contributed by atoms with Gasteiger partial charge in [-0.1, -0.05) is 24.4 Å². The number of carbonyl (C=O) groups is 1. The summed E-state index contributed by atoms with van der Waals surface area (Å²) in [5.41, 5.74) is 0.163. The Labute approximate surface area is 139 Å². The van der Waals surface area contributed by atoms with E-state index in [2.05, 4.69) is 15.5 Å². The van der Waals surface area contributed by atoms with E-state index in [0.717, 1.165) is 0 Å². The monoisotopic (exact) mass is 340 g/mol. The van der Waals surface area contributed by atoms with Gasteiger partial charge in [-0.05, 0) is 18.8 Å². The normalized spacial score (nSPS) is 21.6. The number of alkyl carbamates (subject to hydrolysis) is 1. The maximum Gasteiger partial charge on any atom is 0.407 e. The van der Waals surface area contributed by atoms with E-state index >= 15 is 0 Å². The molecule has 1 aliphatic carbocycles. The number of H-pyrrole nitrogens is 1. The SMILES string of the molecule is O=C(NCC1CCCC1)O[C@@H]1CCN(c2cn[nH]c(=O)c2Cl)C1. The molecule has 1 saturated heterocycles. The molecule has 0 spiro atoms. The predicted octanol–water partition coefficient (Wildman–Crippen LogP) is 1.92. The van der Waals surface area contributed by atoms with E-state index in [1.165, 1.54) is 31.9 Å². The maximum atomic E-state index is 11.9. The molecule has 3 rings (SSSR count). The summed E-state index contributed by atoms with van der Waals surface area (Å²) in [5, 5.41) is 9.03. The van der Waals surface area contributed by atoms with Crippen molar-refractivity contribution in [3.63, 3.8) is 0 Å². The van der Waals surface area contributed by atoms with E-state index in [0.29, 0.717) is 37.7 Å². The Hall–Kier alpha value is -1.76. The molecule has 8 heteroatoms. The van der Waals surface area contributed by atoms with Crippen LogP contribution in [0.4, 0.5) is 10.5 Å². The molecule has 1 aliphatic heterocycles. The number of hydrogen-bond donors (Lipinski definition) is 2. The minimum Gasteiger partial charge on any atom is -0.444 e. The maximum absolute atomic E-state index is 11.9. The third kappa shape index (κ3) is 3.96. The highest BCUT2D eigenvalue weighted by Gasteiger charge is 2.28. The Morgan fingerprint density at radius 1 is 1.43 bits per heavy atom. The first-order valence-corrected chi connectivity index (χ1v) is 8.44. The lowest BCUT2D eigenvalue weighted by Gasteiger charge is -2.19. The second-order valence-corrected chi connectivity index (χ2v) is 6.57. The highest BCUT2D eigenvalue weighted by molar-refractivity contribution is 6.33. The fraction of sp³-hybridized carbons (Fsp3) is 0.667. The molecule has 2 N–H and O–H groups in total. The molecule has 2 fully saturated rings. The van der Waals surface area contributed by atoms with Gasteiger partial charge in [0.05, 0.1) is 18.4 Å². The molecule has 1 aromatic heterocycles. The molecule has 23 heavy (non-hydrogen) atoms. The van der Waals surface area contributed by atoms with Crippen LogP contribution < -0.4 is 15.8 Å². The Balaban J connectivity index is 1.48. The molecule has 2 heterocycles. The zero-order chi connectivity index (χ0) is 16.2. The first-order chi connectivity index (χ1) is 11.1. The third-order valence-electron chi connectivity index (χ3n) is 4.55. The molecular formula is C15H21ClN4O3. The first kappa shape index (κ1) is 16.1. The summed E-state index contributed by atoms with van der Waals surface area (Å²) >= 11 is 6.00. The number of hydrogen-bond acceptors (Lipinski definition) is 5. The average Bonchev–Trinajstić information content (AvgIpc) is 3.19. The van der Waals surface area contributed by atoms with Gasteiger partial charge in [0.2, 0.25) is 0 Å². The van der Waals surface area contributed by atoms with E-state index in [4.69, 9.17) is 16.3 Å². The second kappa shape index (κ2) is 7.21. The molecule has 1 atom stereocenters. The lowest BCUT2D eigenvalue weighted by Crippen LogP contribution is -2.33. The zero-order valence-corrected chi connectivity index (χ0v) is 13.6. The lowest BCUT2D eigenvalue weighted by atomic mass is 10.1. The van der Waals surface area contributed by atoms with Gasteiger partial charge in [0, 0.05) is 19.5 Å². The van der Waals surface area contributed by atoms with Crippen LogP contribution in [0.1, 0.15) is 32.1 Å². The van der Waals surface area contributed by atoms with E-state index in [9.17, 15) is 9.59 Å². The minimum absolute atomic E-state index is 0.117. The van der Waals surface area contributed by atoms with Gasteiger partial charge in [-0.15, -0.1) is 0 Å². The largest absolute Gasteiger partial charge is 0.444 e. The standard InChI is InChI=1S/C15H21ClN4O3/c16-13-12(8-18-19-14(13)21)20-6-5-11(9-20)23-15(22)17-7-10-3-1-2-4-10/h8,10-11H,1-7,9H2,(H,17,22)(H,19,21)/t11-/m1/s1. The molecule has 1 aromatic rings. The van der Waals surface area contributed by atoms with E-state index in [-0.39, 0.29) is 17.2 Å². The Morgan fingerprint density at radius 3 is 3.00 bits per heavy atom. The fourth-order valence-electron chi connectivity index (χ4n) is 3.27. The number of aromatic nitrogens is 2. The molecule has 1 amide bonds. The summed E-state index contributed by atoms with van der Waals surface area (Å²) in [6, 6.07) is 0. The molecule has 7 nitrogen and oxygen atoms in total. The Bertz CT molecular complexity index is 615. The second-order valence-electron chi connectivity index (χ2n) is 6.19. The quantitative estimate of drug-likeness (QED) is 0.874. The van der Waals surface area contributed by atoms with Crippen LogP contribution in [0.3, 0.4) is 0 Å². The van der Waals surface area contributed by atoms with E-state index in [1.54, 1.807) is 0 Å². The van der Waals surface area contributed by atoms with Crippen LogP contribution in [0.5, 0.6) is 0 Å². The van der Waals surface area contributed by atoms with Crippen molar-refractivity contribution in [3.05, 3.63) is 21.6 Å². The highest BCUT2D eigenvalue weighted by Crippen LogP contribution is 2.26. The van der Waals surface area contributed by atoms with E-state index < -0.39 is 5.56 Å². The van der Waals surface area contributed by atoms with Crippen LogP contribution in [-0.2, 0) is 4.74 Å². The van der Waals surface area contributed by atoms with Crippen molar-refractivity contribution in [1.82, 2.24) is 15.5 Å². The average molecular weight is 341 g/mol. The van der Waals surface area contributed by atoms with Crippen LogP contribution in [0.2, 0.25) is 5.02 Å². The van der Waals surface area contributed by atoms with Gasteiger partial charge in [-0.2, -0.15) is 5.10 Å². The van der Waals surface area contributed by atoms with Gasteiger partial charge < -0.3 is 15.0 Å². The number of aromatic amines is 1. The van der Waals surface area contributed by atoms with Crippen molar-refractivity contribution in [3.8, 4) is 0 Å². The fourth-order valence-corrected chi connectivity index (χ4v) is 3.48. The molecular weight excluding hydrogens is 320 g/mol. The number of rotatable bonds is 4. The van der Waals surface area contributed by atoms with Crippen molar-refractivity contribution in [1.29, 1.82) is 0 Å². The number of halogens is 1. The minimum atomic E-state index is -0.414. The summed E-state index contributed by atoms with van der Waals surface area (Å²) in [6.45, 7) is 1.88. The number of ether oxygens (including phenoxy) is 1. The number of carbonyl (C=O) groups excluding carboxylic acids is 1. The van der Waals surface area contributed by atoms with Crippen LogP contribution in [0, 0.1) is 5.92 Å². The van der Waals surface area contributed by atoms with Crippen molar-refractivity contribution >= 4 is 23.4 Å². The predicted molar refractivity (Wildman–Crippen MR) is 86.9 cm³/mol. The van der Waals surface area contributed by atoms with Crippen molar-refractivity contribution in [2.45, 2.75) is 38.2 Å². The zero-order valence-electron chi connectivity index (χ0n) is 12.9. The summed E-state index contributed by atoms with van der Waals surface area (Å²) in [6.07, 6.45) is 6.55. The van der Waals surface area contributed by atoms with Crippen LogP contribution in [-0.4, -0.2) is 42.0 Å². The van der Waals surface area contributed by atoms with E-state index in [1.807, 2.05) is 4.90 Å². The molecule has 2 aliphatic rings. The van der Waals surface area contributed by atoms with Crippen LogP contribution in [0.25, 0.3) is 0 Å². The van der Waals surface area contributed by atoms with Crippen LogP contribution >= 0.6 is 11.6 Å². The van der Waals surface area contributed by atoms with Crippen molar-refractivity contribution in [2.75, 3.05) is 24.5 Å². The van der Waals surface area contributed by atoms with Crippen molar-refractivity contribution in [2.24, 2.45) is 5.92 Å². The molecule has 0 unspecified atom stereocenters. The number of anilines is 1.